The van der Waals surface area contributed by atoms with Crippen LogP contribution in [-0.2, 0) is 0 Å². The Morgan fingerprint density at radius 1 is 1.67 bits per heavy atom. The van der Waals surface area contributed by atoms with E-state index >= 15 is 0 Å². The minimum Gasteiger partial charge on any atom is -0.370 e. The Labute approximate surface area is 71.5 Å². The minimum atomic E-state index is 0.290. The maximum absolute atomic E-state index is 5.38. The number of nitrogens with zero attached hydrogens (tertiary/aromatic N) is 2. The third-order valence-corrected chi connectivity index (χ3v) is 1.33. The first-order chi connectivity index (χ1) is 5.83. The van der Waals surface area contributed by atoms with E-state index in [0.29, 0.717) is 5.95 Å². The van der Waals surface area contributed by atoms with Crippen molar-refractivity contribution in [3.8, 4) is 0 Å². The molecule has 0 spiro atoms. The molecule has 1 heterocycles. The average Bonchev–Trinajstić information content (AvgIpc) is 2.05. The molecule has 0 saturated carbocycles. The van der Waals surface area contributed by atoms with E-state index in [4.69, 9.17) is 5.73 Å². The summed E-state index contributed by atoms with van der Waals surface area (Å²) < 4.78 is 0. The minimum absolute atomic E-state index is 0.290. The lowest BCUT2D eigenvalue weighted by Crippen LogP contribution is -2.04. The Balaban J connectivity index is 2.46. The molecule has 1 rings (SSSR count). The molecule has 0 bridgehead atoms. The molecule has 4 nitrogen and oxygen atoms in total. The van der Waals surface area contributed by atoms with E-state index in [1.807, 2.05) is 6.08 Å². The van der Waals surface area contributed by atoms with Crippen molar-refractivity contribution in [1.29, 1.82) is 0 Å². The zero-order valence-electron chi connectivity index (χ0n) is 6.83. The SMILES string of the molecule is C=CCCNc1ccnc(N)n1. The second-order valence-electron chi connectivity index (χ2n) is 2.30. The van der Waals surface area contributed by atoms with Gasteiger partial charge >= 0.3 is 0 Å². The number of nitrogens with two attached hydrogens (primary N) is 1. The molecule has 1 aromatic rings. The third-order valence-electron chi connectivity index (χ3n) is 1.33. The lowest BCUT2D eigenvalue weighted by Gasteiger charge is -2.02. The molecule has 1 aromatic heterocycles. The summed E-state index contributed by atoms with van der Waals surface area (Å²) in [5.74, 6) is 1.04. The fourth-order valence-electron chi connectivity index (χ4n) is 0.775. The molecule has 0 aliphatic rings. The van der Waals surface area contributed by atoms with Crippen LogP contribution in [0.4, 0.5) is 11.8 Å². The maximum Gasteiger partial charge on any atom is 0.221 e. The van der Waals surface area contributed by atoms with Crippen LogP contribution < -0.4 is 11.1 Å². The largest absolute Gasteiger partial charge is 0.370 e. The van der Waals surface area contributed by atoms with Crippen molar-refractivity contribution in [2.75, 3.05) is 17.6 Å². The zero-order chi connectivity index (χ0) is 8.81. The van der Waals surface area contributed by atoms with Gasteiger partial charge in [0.05, 0.1) is 0 Å². The molecule has 0 unspecified atom stereocenters. The first kappa shape index (κ1) is 8.52. The number of hydrogen-bond donors (Lipinski definition) is 2. The van der Waals surface area contributed by atoms with Gasteiger partial charge in [-0.3, -0.25) is 0 Å². The van der Waals surface area contributed by atoms with Crippen molar-refractivity contribution in [2.45, 2.75) is 6.42 Å². The van der Waals surface area contributed by atoms with Gasteiger partial charge in [-0.25, -0.2) is 4.98 Å². The highest BCUT2D eigenvalue weighted by molar-refractivity contribution is 5.37. The van der Waals surface area contributed by atoms with Gasteiger partial charge in [-0.05, 0) is 12.5 Å². The molecule has 0 radical (unpaired) electrons. The molecule has 12 heavy (non-hydrogen) atoms. The number of rotatable bonds is 4. The smallest absolute Gasteiger partial charge is 0.221 e. The first-order valence-electron chi connectivity index (χ1n) is 3.76. The monoisotopic (exact) mass is 164 g/mol. The van der Waals surface area contributed by atoms with Crippen LogP contribution in [0.15, 0.2) is 24.9 Å². The van der Waals surface area contributed by atoms with Gasteiger partial charge in [0.1, 0.15) is 5.82 Å². The second-order valence-corrected chi connectivity index (χ2v) is 2.30. The quantitative estimate of drug-likeness (QED) is 0.515. The van der Waals surface area contributed by atoms with Crippen LogP contribution in [0.3, 0.4) is 0 Å². The van der Waals surface area contributed by atoms with Gasteiger partial charge < -0.3 is 11.1 Å². The van der Waals surface area contributed by atoms with Crippen LogP contribution in [0.25, 0.3) is 0 Å². The van der Waals surface area contributed by atoms with Crippen molar-refractivity contribution in [2.24, 2.45) is 0 Å². The topological polar surface area (TPSA) is 63.8 Å². The summed E-state index contributed by atoms with van der Waals surface area (Å²) in [6.07, 6.45) is 4.38. The van der Waals surface area contributed by atoms with Crippen LogP contribution >= 0.6 is 0 Å². The molecule has 0 aliphatic heterocycles. The normalized spacial score (nSPS) is 9.33. The molecule has 64 valence electrons. The van der Waals surface area contributed by atoms with Crippen LogP contribution in [-0.4, -0.2) is 16.5 Å². The second kappa shape index (κ2) is 4.33. The van der Waals surface area contributed by atoms with Crippen molar-refractivity contribution in [3.05, 3.63) is 24.9 Å². The Hall–Kier alpha value is -1.58. The highest BCUT2D eigenvalue weighted by Crippen LogP contribution is 2.01. The summed E-state index contributed by atoms with van der Waals surface area (Å²) in [5.41, 5.74) is 5.38. The highest BCUT2D eigenvalue weighted by atomic mass is 15.1. The summed E-state index contributed by atoms with van der Waals surface area (Å²) in [5, 5.41) is 3.08. The van der Waals surface area contributed by atoms with Gasteiger partial charge in [-0.1, -0.05) is 6.08 Å². The number of hydrogen-bond acceptors (Lipinski definition) is 4. The summed E-state index contributed by atoms with van der Waals surface area (Å²) >= 11 is 0. The molecule has 0 atom stereocenters. The zero-order valence-corrected chi connectivity index (χ0v) is 6.83. The molecule has 0 aliphatic carbocycles. The summed E-state index contributed by atoms with van der Waals surface area (Å²) in [4.78, 5) is 7.74. The van der Waals surface area contributed by atoms with Gasteiger partial charge in [0.25, 0.3) is 0 Å². The molecule has 0 saturated heterocycles. The van der Waals surface area contributed by atoms with Gasteiger partial charge in [0.2, 0.25) is 5.95 Å². The summed E-state index contributed by atoms with van der Waals surface area (Å²) in [7, 11) is 0. The van der Waals surface area contributed by atoms with Crippen molar-refractivity contribution in [1.82, 2.24) is 9.97 Å². The van der Waals surface area contributed by atoms with Gasteiger partial charge in [-0.2, -0.15) is 4.98 Å². The van der Waals surface area contributed by atoms with Crippen LogP contribution in [0.1, 0.15) is 6.42 Å². The number of aromatic nitrogens is 2. The fourth-order valence-corrected chi connectivity index (χ4v) is 0.775. The Morgan fingerprint density at radius 3 is 3.17 bits per heavy atom. The third kappa shape index (κ3) is 2.57. The van der Waals surface area contributed by atoms with E-state index in [1.165, 1.54) is 0 Å². The van der Waals surface area contributed by atoms with Crippen LogP contribution in [0.5, 0.6) is 0 Å². The van der Waals surface area contributed by atoms with E-state index in [9.17, 15) is 0 Å². The Kier molecular flexibility index (Phi) is 3.07. The van der Waals surface area contributed by atoms with Gasteiger partial charge in [0.15, 0.2) is 0 Å². The van der Waals surface area contributed by atoms with E-state index < -0.39 is 0 Å². The fraction of sp³-hybridized carbons (Fsp3) is 0.250. The van der Waals surface area contributed by atoms with Gasteiger partial charge in [-0.15, -0.1) is 6.58 Å². The number of anilines is 2. The van der Waals surface area contributed by atoms with E-state index in [1.54, 1.807) is 12.3 Å². The predicted molar refractivity (Wildman–Crippen MR) is 49.7 cm³/mol. The van der Waals surface area contributed by atoms with Crippen LogP contribution in [0, 0.1) is 0 Å². The maximum atomic E-state index is 5.38. The van der Waals surface area contributed by atoms with E-state index in [2.05, 4.69) is 21.9 Å². The lowest BCUT2D eigenvalue weighted by molar-refractivity contribution is 1.04. The number of nitrogen functional groups attached to an aromatic ring is 1. The van der Waals surface area contributed by atoms with Crippen molar-refractivity contribution in [3.63, 3.8) is 0 Å². The van der Waals surface area contributed by atoms with E-state index in [-0.39, 0.29) is 0 Å². The van der Waals surface area contributed by atoms with Gasteiger partial charge in [0, 0.05) is 12.7 Å². The first-order valence-corrected chi connectivity index (χ1v) is 3.76. The molecule has 4 heteroatoms. The predicted octanol–water partition coefficient (Wildman–Crippen LogP) is 1.05. The molecule has 0 aromatic carbocycles. The van der Waals surface area contributed by atoms with Crippen LogP contribution in [0.2, 0.25) is 0 Å². The Morgan fingerprint density at radius 2 is 2.50 bits per heavy atom. The summed E-state index contributed by atoms with van der Waals surface area (Å²) in [6, 6.07) is 1.78. The standard InChI is InChI=1S/C8H12N4/c1-2-3-5-10-7-4-6-11-8(9)12-7/h2,4,6H,1,3,5H2,(H3,9,10,11,12). The molecule has 0 fully saturated rings. The summed E-state index contributed by atoms with van der Waals surface area (Å²) in [6.45, 7) is 4.43. The lowest BCUT2D eigenvalue weighted by atomic mass is 10.4. The Bertz CT molecular complexity index is 259. The van der Waals surface area contributed by atoms with Crippen molar-refractivity contribution >= 4 is 11.8 Å². The molecular formula is C8H12N4. The molecule has 3 N–H and O–H groups in total. The molecular weight excluding hydrogens is 152 g/mol. The number of nitrogens with one attached hydrogen (secondary N) is 1. The average molecular weight is 164 g/mol. The molecule has 0 amide bonds. The van der Waals surface area contributed by atoms with Crippen molar-refractivity contribution < 1.29 is 0 Å². The van der Waals surface area contributed by atoms with E-state index in [0.717, 1.165) is 18.8 Å². The highest BCUT2D eigenvalue weighted by Gasteiger charge is 1.92.